The molecule has 64 valence electrons. The summed E-state index contributed by atoms with van der Waals surface area (Å²) in [6, 6.07) is 0. The van der Waals surface area contributed by atoms with E-state index in [1.165, 1.54) is 18.4 Å². The fourth-order valence-electron chi connectivity index (χ4n) is 3.72. The molecule has 1 heteroatoms. The average molecular weight is 162 g/mol. The van der Waals surface area contributed by atoms with Crippen LogP contribution in [0.2, 0.25) is 0 Å². The second kappa shape index (κ2) is 2.01. The fraction of sp³-hybridized carbons (Fsp3) is 0.727. The quantitative estimate of drug-likeness (QED) is 0.499. The van der Waals surface area contributed by atoms with E-state index in [-0.39, 0.29) is 0 Å². The molecule has 3 saturated carbocycles. The van der Waals surface area contributed by atoms with Gasteiger partial charge in [-0.15, -0.1) is 0 Å². The number of hydrogen-bond donors (Lipinski definition) is 0. The molecule has 12 heavy (non-hydrogen) atoms. The Balaban J connectivity index is 1.98. The van der Waals surface area contributed by atoms with E-state index >= 15 is 0 Å². The molecule has 2 bridgehead atoms. The summed E-state index contributed by atoms with van der Waals surface area (Å²) in [5.74, 6) is 2.90. The third-order valence-electron chi connectivity index (χ3n) is 4.02. The van der Waals surface area contributed by atoms with E-state index in [2.05, 4.69) is 6.58 Å². The van der Waals surface area contributed by atoms with Crippen LogP contribution in [-0.2, 0) is 4.79 Å². The van der Waals surface area contributed by atoms with E-state index in [0.29, 0.717) is 29.5 Å². The number of allylic oxidation sites excluding steroid dienone is 1. The van der Waals surface area contributed by atoms with Gasteiger partial charge in [-0.05, 0) is 37.5 Å². The molecule has 3 fully saturated rings. The van der Waals surface area contributed by atoms with Crippen molar-refractivity contribution in [2.45, 2.75) is 25.7 Å². The Bertz CT molecular complexity index is 248. The van der Waals surface area contributed by atoms with Gasteiger partial charge in [0.15, 0.2) is 0 Å². The Kier molecular flexibility index (Phi) is 1.15. The summed E-state index contributed by atoms with van der Waals surface area (Å²) in [7, 11) is 0. The third-order valence-corrected chi connectivity index (χ3v) is 4.02. The van der Waals surface area contributed by atoms with Gasteiger partial charge in [0.1, 0.15) is 5.78 Å². The highest BCUT2D eigenvalue weighted by atomic mass is 16.1. The zero-order valence-corrected chi connectivity index (χ0v) is 7.25. The minimum Gasteiger partial charge on any atom is -0.299 e. The maximum Gasteiger partial charge on any atom is 0.139 e. The highest BCUT2D eigenvalue weighted by molar-refractivity contribution is 5.88. The van der Waals surface area contributed by atoms with Crippen molar-refractivity contribution in [1.82, 2.24) is 0 Å². The number of ketones is 1. The Morgan fingerprint density at radius 1 is 1.17 bits per heavy atom. The van der Waals surface area contributed by atoms with Crippen molar-refractivity contribution in [3.63, 3.8) is 0 Å². The van der Waals surface area contributed by atoms with Gasteiger partial charge in [0, 0.05) is 11.8 Å². The normalized spacial score (nSPS) is 50.3. The van der Waals surface area contributed by atoms with Crippen LogP contribution in [0.25, 0.3) is 0 Å². The molecule has 0 amide bonds. The number of rotatable bonds is 0. The molecule has 0 spiro atoms. The Morgan fingerprint density at radius 2 is 1.75 bits per heavy atom. The van der Waals surface area contributed by atoms with Crippen LogP contribution < -0.4 is 0 Å². The lowest BCUT2D eigenvalue weighted by atomic mass is 9.70. The first-order chi connectivity index (χ1) is 5.75. The molecule has 0 radical (unpaired) electrons. The van der Waals surface area contributed by atoms with Crippen LogP contribution in [0.15, 0.2) is 12.2 Å². The fourth-order valence-corrected chi connectivity index (χ4v) is 3.72. The summed E-state index contributed by atoms with van der Waals surface area (Å²) in [6.45, 7) is 4.06. The third kappa shape index (κ3) is 0.675. The van der Waals surface area contributed by atoms with E-state index in [4.69, 9.17) is 0 Å². The van der Waals surface area contributed by atoms with Crippen LogP contribution in [0.4, 0.5) is 0 Å². The molecule has 0 aromatic carbocycles. The van der Waals surface area contributed by atoms with Crippen LogP contribution in [0.1, 0.15) is 25.7 Å². The van der Waals surface area contributed by atoms with Crippen LogP contribution in [0, 0.1) is 23.7 Å². The predicted octanol–water partition coefficient (Wildman–Crippen LogP) is 2.18. The lowest BCUT2D eigenvalue weighted by Gasteiger charge is -2.34. The Morgan fingerprint density at radius 3 is 2.25 bits per heavy atom. The lowest BCUT2D eigenvalue weighted by molar-refractivity contribution is -0.122. The molecule has 0 saturated heterocycles. The molecular weight excluding hydrogens is 148 g/mol. The first-order valence-electron chi connectivity index (χ1n) is 4.96. The minimum absolute atomic E-state index is 0.457. The molecule has 3 rings (SSSR count). The monoisotopic (exact) mass is 162 g/mol. The molecule has 0 aromatic heterocycles. The molecule has 0 heterocycles. The molecule has 1 nitrogen and oxygen atoms in total. The topological polar surface area (TPSA) is 17.1 Å². The molecule has 0 aromatic rings. The van der Waals surface area contributed by atoms with Gasteiger partial charge < -0.3 is 0 Å². The molecule has 2 atom stereocenters. The zero-order valence-electron chi connectivity index (χ0n) is 7.25. The Labute approximate surface area is 72.8 Å². The standard InChI is InChI=1S/C11H14O/c1-6-2-7-4-9-5-8(3-6)10(7)11(9)12/h7-10H,1-5H2. The van der Waals surface area contributed by atoms with E-state index < -0.39 is 0 Å². The maximum absolute atomic E-state index is 11.7. The van der Waals surface area contributed by atoms with Crippen molar-refractivity contribution in [2.75, 3.05) is 0 Å². The van der Waals surface area contributed by atoms with E-state index in [1.54, 1.807) is 0 Å². The van der Waals surface area contributed by atoms with Crippen LogP contribution in [0.5, 0.6) is 0 Å². The second-order valence-electron chi connectivity index (χ2n) is 4.77. The summed E-state index contributed by atoms with van der Waals surface area (Å²) in [4.78, 5) is 11.7. The van der Waals surface area contributed by atoms with Crippen molar-refractivity contribution < 1.29 is 4.79 Å². The SMILES string of the molecule is C=C1CC2CC3CC(C1)C2C3=O. The van der Waals surface area contributed by atoms with Gasteiger partial charge in [-0.2, -0.15) is 0 Å². The predicted molar refractivity (Wildman–Crippen MR) is 46.6 cm³/mol. The molecule has 3 aliphatic carbocycles. The summed E-state index contributed by atoms with van der Waals surface area (Å²) in [5.41, 5.74) is 1.40. The summed E-state index contributed by atoms with van der Waals surface area (Å²) >= 11 is 0. The van der Waals surface area contributed by atoms with Crippen LogP contribution >= 0.6 is 0 Å². The van der Waals surface area contributed by atoms with Gasteiger partial charge in [0.05, 0.1) is 0 Å². The van der Waals surface area contributed by atoms with Gasteiger partial charge in [-0.25, -0.2) is 0 Å². The number of hydrogen-bond acceptors (Lipinski definition) is 1. The average Bonchev–Trinajstić information content (AvgIpc) is 2.41. The first kappa shape index (κ1) is 6.88. The molecular formula is C11H14O. The molecule has 0 aliphatic heterocycles. The van der Waals surface area contributed by atoms with E-state index in [1.807, 2.05) is 0 Å². The van der Waals surface area contributed by atoms with Gasteiger partial charge >= 0.3 is 0 Å². The van der Waals surface area contributed by atoms with Crippen molar-refractivity contribution in [3.8, 4) is 0 Å². The lowest BCUT2D eigenvalue weighted by Crippen LogP contribution is -2.27. The van der Waals surface area contributed by atoms with E-state index in [9.17, 15) is 4.79 Å². The largest absolute Gasteiger partial charge is 0.299 e. The highest BCUT2D eigenvalue weighted by Gasteiger charge is 2.54. The number of carbonyl (C=O) groups is 1. The maximum atomic E-state index is 11.7. The molecule has 2 unspecified atom stereocenters. The minimum atomic E-state index is 0.457. The van der Waals surface area contributed by atoms with Gasteiger partial charge in [-0.3, -0.25) is 4.79 Å². The summed E-state index contributed by atoms with van der Waals surface area (Å²) in [5, 5.41) is 0. The van der Waals surface area contributed by atoms with E-state index in [0.717, 1.165) is 12.8 Å². The smallest absolute Gasteiger partial charge is 0.139 e. The van der Waals surface area contributed by atoms with Gasteiger partial charge in [0.25, 0.3) is 0 Å². The van der Waals surface area contributed by atoms with Crippen molar-refractivity contribution in [3.05, 3.63) is 12.2 Å². The Hall–Kier alpha value is -0.590. The van der Waals surface area contributed by atoms with Crippen LogP contribution in [0.3, 0.4) is 0 Å². The van der Waals surface area contributed by atoms with Crippen molar-refractivity contribution in [2.24, 2.45) is 23.7 Å². The van der Waals surface area contributed by atoms with Crippen molar-refractivity contribution >= 4 is 5.78 Å². The number of Topliss-reactive ketones (excluding diaryl/α,β-unsaturated/α-hetero) is 1. The van der Waals surface area contributed by atoms with Crippen molar-refractivity contribution in [1.29, 1.82) is 0 Å². The first-order valence-corrected chi connectivity index (χ1v) is 4.96. The molecule has 3 aliphatic rings. The second-order valence-corrected chi connectivity index (χ2v) is 4.77. The number of fused-ring (bicyclic) bond motifs is 1. The van der Waals surface area contributed by atoms with Crippen LogP contribution in [-0.4, -0.2) is 5.78 Å². The zero-order chi connectivity index (χ0) is 8.29. The summed E-state index contributed by atoms with van der Waals surface area (Å²) < 4.78 is 0. The molecule has 0 N–H and O–H groups in total. The summed E-state index contributed by atoms with van der Waals surface area (Å²) in [6.07, 6.45) is 4.64. The van der Waals surface area contributed by atoms with Gasteiger partial charge in [0.2, 0.25) is 0 Å². The highest BCUT2D eigenvalue weighted by Crippen LogP contribution is 2.56. The number of carbonyl (C=O) groups excluding carboxylic acids is 1. The van der Waals surface area contributed by atoms with Gasteiger partial charge in [-0.1, -0.05) is 12.2 Å².